The zero-order chi connectivity index (χ0) is 22.1. The number of fused-ring (bicyclic) bond motifs is 1. The summed E-state index contributed by atoms with van der Waals surface area (Å²) in [7, 11) is -3.48. The molecule has 2 aromatic carbocycles. The maximum atomic E-state index is 13.0. The fourth-order valence-electron chi connectivity index (χ4n) is 4.37. The highest BCUT2D eigenvalue weighted by Crippen LogP contribution is 2.32. The summed E-state index contributed by atoms with van der Waals surface area (Å²) < 4.78 is 29.1. The number of nitrogens with zero attached hydrogens (tertiary/aromatic N) is 6. The van der Waals surface area contributed by atoms with Gasteiger partial charge in [-0.05, 0) is 71.1 Å². The van der Waals surface area contributed by atoms with Crippen molar-refractivity contribution in [2.45, 2.75) is 37.0 Å². The monoisotopic (exact) mass is 452 g/mol. The van der Waals surface area contributed by atoms with Crippen LogP contribution < -0.4 is 4.90 Å². The minimum atomic E-state index is -3.48. The van der Waals surface area contributed by atoms with Crippen molar-refractivity contribution in [3.63, 3.8) is 0 Å². The molecule has 0 radical (unpaired) electrons. The fraction of sp³-hybridized carbons (Fsp3) is 0.364. The first-order valence-electron chi connectivity index (χ1n) is 10.8. The number of sulfonamides is 1. The van der Waals surface area contributed by atoms with Gasteiger partial charge in [0.05, 0.1) is 17.0 Å². The molecule has 0 unspecified atom stereocenters. The third-order valence-corrected chi connectivity index (χ3v) is 8.00. The number of piperidine rings is 1. The lowest BCUT2D eigenvalue weighted by Crippen LogP contribution is -2.35. The second kappa shape index (κ2) is 8.44. The van der Waals surface area contributed by atoms with Gasteiger partial charge >= 0.3 is 0 Å². The van der Waals surface area contributed by atoms with Gasteiger partial charge in [0.2, 0.25) is 15.9 Å². The van der Waals surface area contributed by atoms with E-state index in [4.69, 9.17) is 0 Å². The number of anilines is 1. The average molecular weight is 453 g/mol. The van der Waals surface area contributed by atoms with Crippen molar-refractivity contribution in [1.82, 2.24) is 24.5 Å². The van der Waals surface area contributed by atoms with Gasteiger partial charge in [0.25, 0.3) is 0 Å². The largest absolute Gasteiger partial charge is 0.312 e. The summed E-state index contributed by atoms with van der Waals surface area (Å²) in [6.45, 7) is 1.72. The summed E-state index contributed by atoms with van der Waals surface area (Å²) >= 11 is 0. The fourth-order valence-corrected chi connectivity index (χ4v) is 5.94. The van der Waals surface area contributed by atoms with Gasteiger partial charge in [0, 0.05) is 25.3 Å². The average Bonchev–Trinajstić information content (AvgIpc) is 3.50. The topological polar surface area (TPSA) is 101 Å². The number of aromatic nitrogens is 4. The second-order valence-corrected chi connectivity index (χ2v) is 10.1. The van der Waals surface area contributed by atoms with E-state index in [2.05, 4.69) is 15.5 Å². The summed E-state index contributed by atoms with van der Waals surface area (Å²) in [5.41, 5.74) is 3.42. The quantitative estimate of drug-likeness (QED) is 0.587. The normalized spacial score (nSPS) is 16.8. The van der Waals surface area contributed by atoms with Gasteiger partial charge in [0.1, 0.15) is 6.33 Å². The Morgan fingerprint density at radius 3 is 2.47 bits per heavy atom. The lowest BCUT2D eigenvalue weighted by atomic mass is 10.1. The summed E-state index contributed by atoms with van der Waals surface area (Å²) in [5.74, 6) is -0.00874. The number of carbonyl (C=O) groups is 1. The van der Waals surface area contributed by atoms with E-state index in [1.54, 1.807) is 32.1 Å². The van der Waals surface area contributed by atoms with Crippen molar-refractivity contribution < 1.29 is 13.2 Å². The van der Waals surface area contributed by atoms with Gasteiger partial charge in [-0.15, -0.1) is 5.10 Å². The Morgan fingerprint density at radius 1 is 0.969 bits per heavy atom. The molecule has 1 aromatic heterocycles. The van der Waals surface area contributed by atoms with Crippen LogP contribution in [-0.4, -0.2) is 58.5 Å². The Hall–Kier alpha value is -3.11. The third kappa shape index (κ3) is 3.91. The molecule has 1 saturated heterocycles. The zero-order valence-electron chi connectivity index (χ0n) is 17.6. The SMILES string of the molecule is O=C(Cc1ccc(-n2cnnn2)cc1)N1CCc2cc(S(=O)(=O)N3CCCCC3)ccc21. The Bertz CT molecular complexity index is 1220. The molecule has 2 aliphatic heterocycles. The number of rotatable bonds is 5. The second-order valence-electron chi connectivity index (χ2n) is 8.15. The van der Waals surface area contributed by atoms with E-state index >= 15 is 0 Å². The Balaban J connectivity index is 1.30. The van der Waals surface area contributed by atoms with Gasteiger partial charge in [0.15, 0.2) is 0 Å². The molecule has 32 heavy (non-hydrogen) atoms. The van der Waals surface area contributed by atoms with Crippen LogP contribution in [0.2, 0.25) is 0 Å². The van der Waals surface area contributed by atoms with E-state index in [0.717, 1.165) is 41.8 Å². The van der Waals surface area contributed by atoms with Gasteiger partial charge in [-0.3, -0.25) is 4.79 Å². The maximum absolute atomic E-state index is 13.0. The predicted octanol–water partition coefficient (Wildman–Crippen LogP) is 1.97. The maximum Gasteiger partial charge on any atom is 0.243 e. The summed E-state index contributed by atoms with van der Waals surface area (Å²) in [6.07, 6.45) is 5.33. The molecule has 0 N–H and O–H groups in total. The number of benzene rings is 2. The molecule has 10 heteroatoms. The van der Waals surface area contributed by atoms with Crippen LogP contribution in [0.1, 0.15) is 30.4 Å². The summed E-state index contributed by atoms with van der Waals surface area (Å²) in [6, 6.07) is 12.7. The van der Waals surface area contributed by atoms with Crippen molar-refractivity contribution in [1.29, 1.82) is 0 Å². The van der Waals surface area contributed by atoms with Gasteiger partial charge in [-0.2, -0.15) is 4.31 Å². The highest BCUT2D eigenvalue weighted by molar-refractivity contribution is 7.89. The molecule has 0 aliphatic carbocycles. The van der Waals surface area contributed by atoms with Crippen LogP contribution in [0.25, 0.3) is 5.69 Å². The Labute approximate surface area is 186 Å². The lowest BCUT2D eigenvalue weighted by molar-refractivity contribution is -0.117. The van der Waals surface area contributed by atoms with E-state index in [9.17, 15) is 13.2 Å². The first-order chi connectivity index (χ1) is 15.5. The molecule has 9 nitrogen and oxygen atoms in total. The highest BCUT2D eigenvalue weighted by atomic mass is 32.2. The first kappa shape index (κ1) is 20.8. The molecule has 0 atom stereocenters. The molecule has 1 fully saturated rings. The number of hydrogen-bond acceptors (Lipinski definition) is 6. The summed E-state index contributed by atoms with van der Waals surface area (Å²) in [4.78, 5) is 15.1. The van der Waals surface area contributed by atoms with Crippen molar-refractivity contribution >= 4 is 21.6 Å². The standard InChI is InChI=1S/C22H24N6O3S/c29-22(14-17-4-6-19(7-5-17)28-16-23-24-25-28)27-13-10-18-15-20(8-9-21(18)27)32(30,31)26-11-2-1-3-12-26/h4-9,15-16H,1-3,10-14H2. The molecule has 0 saturated carbocycles. The van der Waals surface area contributed by atoms with Crippen LogP contribution in [0.3, 0.4) is 0 Å². The molecular formula is C22H24N6O3S. The first-order valence-corrected chi connectivity index (χ1v) is 12.2. The molecule has 3 heterocycles. The van der Waals surface area contributed by atoms with Crippen LogP contribution in [0, 0.1) is 0 Å². The molecule has 0 bridgehead atoms. The van der Waals surface area contributed by atoms with Crippen LogP contribution >= 0.6 is 0 Å². The molecule has 3 aromatic rings. The Kier molecular flexibility index (Phi) is 5.48. The molecule has 5 rings (SSSR count). The van der Waals surface area contributed by atoms with Gasteiger partial charge in [-0.1, -0.05) is 18.6 Å². The van der Waals surface area contributed by atoms with Crippen LogP contribution in [0.5, 0.6) is 0 Å². The van der Waals surface area contributed by atoms with Gasteiger partial charge < -0.3 is 4.90 Å². The minimum absolute atomic E-state index is 0.00874. The third-order valence-electron chi connectivity index (χ3n) is 6.11. The number of hydrogen-bond donors (Lipinski definition) is 0. The minimum Gasteiger partial charge on any atom is -0.312 e. The van der Waals surface area contributed by atoms with Crippen LogP contribution in [-0.2, 0) is 27.7 Å². The Morgan fingerprint density at radius 2 is 1.75 bits per heavy atom. The zero-order valence-corrected chi connectivity index (χ0v) is 18.4. The van der Waals surface area contributed by atoms with E-state index in [1.807, 2.05) is 24.3 Å². The molecule has 0 spiro atoms. The lowest BCUT2D eigenvalue weighted by Gasteiger charge is -2.26. The van der Waals surface area contributed by atoms with Crippen molar-refractivity contribution in [2.24, 2.45) is 0 Å². The summed E-state index contributed by atoms with van der Waals surface area (Å²) in [5, 5.41) is 11.1. The van der Waals surface area contributed by atoms with Gasteiger partial charge in [-0.25, -0.2) is 13.1 Å². The van der Waals surface area contributed by atoms with E-state index in [0.29, 0.717) is 31.0 Å². The predicted molar refractivity (Wildman–Crippen MR) is 118 cm³/mol. The van der Waals surface area contributed by atoms with E-state index < -0.39 is 10.0 Å². The highest BCUT2D eigenvalue weighted by Gasteiger charge is 2.30. The number of carbonyl (C=O) groups excluding carboxylic acids is 1. The van der Waals surface area contributed by atoms with Crippen LogP contribution in [0.4, 0.5) is 5.69 Å². The molecule has 166 valence electrons. The van der Waals surface area contributed by atoms with Crippen molar-refractivity contribution in [2.75, 3.05) is 24.5 Å². The number of amides is 1. The van der Waals surface area contributed by atoms with Crippen molar-refractivity contribution in [3.05, 3.63) is 59.9 Å². The molecule has 1 amide bonds. The van der Waals surface area contributed by atoms with E-state index in [-0.39, 0.29) is 12.3 Å². The number of tetrazole rings is 1. The smallest absolute Gasteiger partial charge is 0.243 e. The van der Waals surface area contributed by atoms with Crippen LogP contribution in [0.15, 0.2) is 53.7 Å². The van der Waals surface area contributed by atoms with E-state index in [1.165, 1.54) is 6.33 Å². The molecular weight excluding hydrogens is 428 g/mol. The molecule has 2 aliphatic rings. The van der Waals surface area contributed by atoms with Crippen molar-refractivity contribution in [3.8, 4) is 5.69 Å².